The molecule has 0 aliphatic carbocycles. The number of amides is 1. The summed E-state index contributed by atoms with van der Waals surface area (Å²) in [4.78, 5) is 33.7. The Labute approximate surface area is 132 Å². The fraction of sp³-hybridized carbons (Fsp3) is 0.429. The van der Waals surface area contributed by atoms with E-state index >= 15 is 0 Å². The Morgan fingerprint density at radius 1 is 1.36 bits per heavy atom. The largest absolute Gasteiger partial charge is 0.452 e. The van der Waals surface area contributed by atoms with Gasteiger partial charge in [-0.1, -0.05) is 25.4 Å². The molecule has 0 unspecified atom stereocenters. The Hall–Kier alpha value is -2.15. The highest BCUT2D eigenvalue weighted by Crippen LogP contribution is 2.23. The molecule has 0 radical (unpaired) electrons. The molecule has 1 amide bonds. The van der Waals surface area contributed by atoms with Crippen LogP contribution >= 0.6 is 11.6 Å². The van der Waals surface area contributed by atoms with Gasteiger partial charge in [0, 0.05) is 17.1 Å². The van der Waals surface area contributed by atoms with Crippen molar-refractivity contribution >= 4 is 29.2 Å². The van der Waals surface area contributed by atoms with Crippen molar-refractivity contribution in [3.05, 3.63) is 38.9 Å². The number of benzene rings is 1. The summed E-state index contributed by atoms with van der Waals surface area (Å²) in [6.45, 7) is 5.18. The SMILES string of the molecule is CC(C)[C@H](C)NC(=O)COC(=O)c1cc(Cl)ccc1[N+](=O)[O-]. The maximum absolute atomic E-state index is 11.9. The van der Waals surface area contributed by atoms with E-state index in [0.717, 1.165) is 12.1 Å². The third-order valence-corrected chi connectivity index (χ3v) is 3.33. The van der Waals surface area contributed by atoms with Gasteiger partial charge in [-0.2, -0.15) is 0 Å². The average Bonchev–Trinajstić information content (AvgIpc) is 2.44. The zero-order valence-electron chi connectivity index (χ0n) is 12.5. The molecule has 0 aliphatic heterocycles. The minimum Gasteiger partial charge on any atom is -0.452 e. The minimum absolute atomic E-state index is 0.0771. The summed E-state index contributed by atoms with van der Waals surface area (Å²) in [5.74, 6) is -1.21. The molecule has 0 saturated heterocycles. The lowest BCUT2D eigenvalue weighted by Gasteiger charge is -2.17. The Kier molecular flexibility index (Phi) is 6.30. The maximum Gasteiger partial charge on any atom is 0.345 e. The molecule has 0 heterocycles. The third kappa shape index (κ3) is 5.00. The van der Waals surface area contributed by atoms with Crippen molar-refractivity contribution in [2.45, 2.75) is 26.8 Å². The number of hydrogen-bond donors (Lipinski definition) is 1. The lowest BCUT2D eigenvalue weighted by atomic mass is 10.1. The lowest BCUT2D eigenvalue weighted by Crippen LogP contribution is -2.38. The van der Waals surface area contributed by atoms with Gasteiger partial charge >= 0.3 is 5.97 Å². The fourth-order valence-corrected chi connectivity index (χ4v) is 1.67. The molecule has 120 valence electrons. The van der Waals surface area contributed by atoms with Crippen molar-refractivity contribution in [3.63, 3.8) is 0 Å². The minimum atomic E-state index is -0.971. The van der Waals surface area contributed by atoms with Crippen LogP contribution in [0.4, 0.5) is 5.69 Å². The predicted molar refractivity (Wildman–Crippen MR) is 80.8 cm³/mol. The van der Waals surface area contributed by atoms with E-state index in [1.54, 1.807) is 0 Å². The molecule has 0 saturated carbocycles. The summed E-state index contributed by atoms with van der Waals surface area (Å²) < 4.78 is 4.80. The van der Waals surface area contributed by atoms with Gasteiger partial charge in [0.2, 0.25) is 0 Å². The second-order valence-corrected chi connectivity index (χ2v) is 5.53. The molecule has 0 fully saturated rings. The lowest BCUT2D eigenvalue weighted by molar-refractivity contribution is -0.385. The van der Waals surface area contributed by atoms with Gasteiger partial charge in [0.15, 0.2) is 6.61 Å². The van der Waals surface area contributed by atoms with E-state index in [-0.39, 0.29) is 22.5 Å². The number of hydrogen-bond acceptors (Lipinski definition) is 5. The quantitative estimate of drug-likeness (QED) is 0.491. The Morgan fingerprint density at radius 3 is 2.55 bits per heavy atom. The van der Waals surface area contributed by atoms with Gasteiger partial charge in [-0.15, -0.1) is 0 Å². The van der Waals surface area contributed by atoms with Crippen molar-refractivity contribution in [1.29, 1.82) is 0 Å². The van der Waals surface area contributed by atoms with Gasteiger partial charge < -0.3 is 10.1 Å². The van der Waals surface area contributed by atoms with Gasteiger partial charge in [0.05, 0.1) is 4.92 Å². The number of carbonyl (C=O) groups excluding carboxylic acids is 2. The maximum atomic E-state index is 11.9. The van der Waals surface area contributed by atoms with Crippen molar-refractivity contribution in [1.82, 2.24) is 5.32 Å². The average molecular weight is 329 g/mol. The summed E-state index contributed by atoms with van der Waals surface area (Å²) in [5.41, 5.74) is -0.715. The first-order valence-electron chi connectivity index (χ1n) is 6.62. The highest BCUT2D eigenvalue weighted by Gasteiger charge is 2.22. The molecular weight excluding hydrogens is 312 g/mol. The number of esters is 1. The van der Waals surface area contributed by atoms with Crippen molar-refractivity contribution < 1.29 is 19.2 Å². The summed E-state index contributed by atoms with van der Waals surface area (Å²) in [5, 5.41) is 13.7. The molecule has 1 N–H and O–H groups in total. The molecule has 1 atom stereocenters. The number of halogens is 1. The normalized spacial score (nSPS) is 11.9. The molecule has 7 nitrogen and oxygen atoms in total. The van der Waals surface area contributed by atoms with E-state index in [1.807, 2.05) is 20.8 Å². The number of ether oxygens (including phenoxy) is 1. The molecule has 1 aromatic rings. The van der Waals surface area contributed by atoms with E-state index in [9.17, 15) is 19.7 Å². The zero-order chi connectivity index (χ0) is 16.9. The van der Waals surface area contributed by atoms with Crippen LogP contribution in [0.25, 0.3) is 0 Å². The van der Waals surface area contributed by atoms with E-state index in [1.165, 1.54) is 6.07 Å². The number of carbonyl (C=O) groups is 2. The third-order valence-electron chi connectivity index (χ3n) is 3.10. The molecular formula is C14H17ClN2O5. The molecule has 1 rings (SSSR count). The topological polar surface area (TPSA) is 98.5 Å². The molecule has 0 spiro atoms. The van der Waals surface area contributed by atoms with Crippen LogP contribution in [0.15, 0.2) is 18.2 Å². The second kappa shape index (κ2) is 7.74. The van der Waals surface area contributed by atoms with Gasteiger partial charge in [0.25, 0.3) is 11.6 Å². The van der Waals surface area contributed by atoms with E-state index in [0.29, 0.717) is 0 Å². The zero-order valence-corrected chi connectivity index (χ0v) is 13.2. The number of nitro benzene ring substituents is 1. The van der Waals surface area contributed by atoms with Crippen LogP contribution in [-0.2, 0) is 9.53 Å². The van der Waals surface area contributed by atoms with Crippen LogP contribution in [0.3, 0.4) is 0 Å². The van der Waals surface area contributed by atoms with Crippen LogP contribution in [-0.4, -0.2) is 29.4 Å². The van der Waals surface area contributed by atoms with Crippen molar-refractivity contribution in [2.75, 3.05) is 6.61 Å². The number of nitro groups is 1. The Bertz CT molecular complexity index is 589. The summed E-state index contributed by atoms with van der Waals surface area (Å²) in [6, 6.07) is 3.47. The monoisotopic (exact) mass is 328 g/mol. The van der Waals surface area contributed by atoms with Crippen molar-refractivity contribution in [2.24, 2.45) is 5.92 Å². The summed E-state index contributed by atoms with van der Waals surface area (Å²) in [7, 11) is 0. The fourth-order valence-electron chi connectivity index (χ4n) is 1.50. The predicted octanol–water partition coefficient (Wildman–Crippen LogP) is 2.57. The second-order valence-electron chi connectivity index (χ2n) is 5.09. The van der Waals surface area contributed by atoms with Gasteiger partial charge in [-0.05, 0) is 25.0 Å². The first kappa shape index (κ1) is 17.9. The van der Waals surface area contributed by atoms with Crippen LogP contribution in [0.2, 0.25) is 5.02 Å². The molecule has 0 aromatic heterocycles. The van der Waals surface area contributed by atoms with Crippen LogP contribution < -0.4 is 5.32 Å². The summed E-state index contributed by atoms with van der Waals surface area (Å²) in [6.07, 6.45) is 0. The smallest absolute Gasteiger partial charge is 0.345 e. The molecule has 8 heteroatoms. The van der Waals surface area contributed by atoms with E-state index in [4.69, 9.17) is 16.3 Å². The summed E-state index contributed by atoms with van der Waals surface area (Å²) >= 11 is 5.72. The first-order valence-corrected chi connectivity index (χ1v) is 7.00. The van der Waals surface area contributed by atoms with Crippen LogP contribution in [0.5, 0.6) is 0 Å². The van der Waals surface area contributed by atoms with Crippen LogP contribution in [0, 0.1) is 16.0 Å². The standard InChI is InChI=1S/C14H17ClN2O5/c1-8(2)9(3)16-13(18)7-22-14(19)11-6-10(15)4-5-12(11)17(20)21/h4-6,8-9H,7H2,1-3H3,(H,16,18)/t9-/m0/s1. The molecule has 1 aromatic carbocycles. The van der Waals surface area contributed by atoms with Crippen LogP contribution in [0.1, 0.15) is 31.1 Å². The molecule has 0 aliphatic rings. The molecule has 0 bridgehead atoms. The Balaban J connectivity index is 2.72. The number of nitrogens with zero attached hydrogens (tertiary/aromatic N) is 1. The Morgan fingerprint density at radius 2 is 2.00 bits per heavy atom. The number of nitrogens with one attached hydrogen (secondary N) is 1. The van der Waals surface area contributed by atoms with Gasteiger partial charge in [0.1, 0.15) is 5.56 Å². The highest BCUT2D eigenvalue weighted by molar-refractivity contribution is 6.31. The molecule has 22 heavy (non-hydrogen) atoms. The van der Waals surface area contributed by atoms with Gasteiger partial charge in [-0.25, -0.2) is 4.79 Å². The van der Waals surface area contributed by atoms with E-state index in [2.05, 4.69) is 5.32 Å². The number of rotatable bonds is 6. The van der Waals surface area contributed by atoms with E-state index < -0.39 is 29.1 Å². The van der Waals surface area contributed by atoms with Crippen molar-refractivity contribution in [3.8, 4) is 0 Å². The first-order chi connectivity index (χ1) is 10.2. The highest BCUT2D eigenvalue weighted by atomic mass is 35.5. The van der Waals surface area contributed by atoms with Gasteiger partial charge in [-0.3, -0.25) is 14.9 Å².